The Hall–Kier alpha value is -1.83. The summed E-state index contributed by atoms with van der Waals surface area (Å²) in [5.41, 5.74) is 0. The minimum Gasteiger partial charge on any atom is -0.481 e. The molecule has 2 aromatic rings. The van der Waals surface area contributed by atoms with Crippen LogP contribution < -0.4 is 0 Å². The zero-order valence-electron chi connectivity index (χ0n) is 9.64. The second-order valence-corrected chi connectivity index (χ2v) is 4.55. The van der Waals surface area contributed by atoms with Gasteiger partial charge in [-0.1, -0.05) is 11.8 Å². The SMILES string of the molecule is O=C(O)CSc1nncn1CCCn1cccn1. The molecular weight excluding hydrogens is 254 g/mol. The molecule has 0 aromatic carbocycles. The summed E-state index contributed by atoms with van der Waals surface area (Å²) in [7, 11) is 0. The maximum atomic E-state index is 10.5. The molecule has 0 saturated carbocycles. The van der Waals surface area contributed by atoms with Gasteiger partial charge in [-0.05, 0) is 12.5 Å². The highest BCUT2D eigenvalue weighted by Crippen LogP contribution is 2.14. The summed E-state index contributed by atoms with van der Waals surface area (Å²) < 4.78 is 3.71. The molecule has 2 aromatic heterocycles. The van der Waals surface area contributed by atoms with Gasteiger partial charge >= 0.3 is 5.97 Å². The highest BCUT2D eigenvalue weighted by atomic mass is 32.2. The summed E-state index contributed by atoms with van der Waals surface area (Å²) in [4.78, 5) is 10.5. The third kappa shape index (κ3) is 3.59. The van der Waals surface area contributed by atoms with Gasteiger partial charge < -0.3 is 9.67 Å². The fourth-order valence-corrected chi connectivity index (χ4v) is 2.13. The number of thioether (sulfide) groups is 1. The third-order valence-corrected chi connectivity index (χ3v) is 3.22. The van der Waals surface area contributed by atoms with E-state index in [1.54, 1.807) is 12.5 Å². The molecule has 0 bridgehead atoms. The lowest BCUT2D eigenvalue weighted by atomic mass is 10.4. The summed E-state index contributed by atoms with van der Waals surface area (Å²) >= 11 is 1.18. The first-order valence-corrected chi connectivity index (χ1v) is 6.44. The van der Waals surface area contributed by atoms with Crippen molar-refractivity contribution in [1.82, 2.24) is 24.5 Å². The average molecular weight is 267 g/mol. The Morgan fingerprint density at radius 2 is 2.33 bits per heavy atom. The second-order valence-electron chi connectivity index (χ2n) is 3.61. The number of carboxylic acids is 1. The largest absolute Gasteiger partial charge is 0.481 e. The number of nitrogens with zero attached hydrogens (tertiary/aromatic N) is 5. The number of carboxylic acid groups (broad SMARTS) is 1. The van der Waals surface area contributed by atoms with E-state index in [2.05, 4.69) is 15.3 Å². The van der Waals surface area contributed by atoms with E-state index in [9.17, 15) is 4.79 Å². The zero-order chi connectivity index (χ0) is 12.8. The molecule has 0 aliphatic heterocycles. The molecule has 0 radical (unpaired) electrons. The maximum Gasteiger partial charge on any atom is 0.313 e. The van der Waals surface area contributed by atoms with E-state index in [0.29, 0.717) is 5.16 Å². The molecule has 18 heavy (non-hydrogen) atoms. The Bertz CT molecular complexity index is 496. The van der Waals surface area contributed by atoms with Crippen LogP contribution in [0.5, 0.6) is 0 Å². The smallest absolute Gasteiger partial charge is 0.313 e. The number of aromatic nitrogens is 5. The van der Waals surface area contributed by atoms with E-state index in [-0.39, 0.29) is 5.75 Å². The minimum absolute atomic E-state index is 0.00213. The monoisotopic (exact) mass is 267 g/mol. The lowest BCUT2D eigenvalue weighted by Crippen LogP contribution is -2.06. The molecule has 7 nitrogen and oxygen atoms in total. The van der Waals surface area contributed by atoms with Gasteiger partial charge in [0.05, 0.1) is 5.75 Å². The van der Waals surface area contributed by atoms with Crippen LogP contribution in [0.25, 0.3) is 0 Å². The van der Waals surface area contributed by atoms with E-state index in [4.69, 9.17) is 5.11 Å². The van der Waals surface area contributed by atoms with Crippen molar-refractivity contribution >= 4 is 17.7 Å². The standard InChI is InChI=1S/C10H13N5O2S/c16-9(17)7-18-10-13-11-8-14(10)4-2-6-15-5-1-3-12-15/h1,3,5,8H,2,4,6-7H2,(H,16,17). The summed E-state index contributed by atoms with van der Waals surface area (Å²) in [6.45, 7) is 1.56. The van der Waals surface area contributed by atoms with Crippen LogP contribution in [-0.4, -0.2) is 41.4 Å². The van der Waals surface area contributed by atoms with Gasteiger partial charge in [0.25, 0.3) is 0 Å². The van der Waals surface area contributed by atoms with Gasteiger partial charge in [0.1, 0.15) is 6.33 Å². The van der Waals surface area contributed by atoms with Crippen molar-refractivity contribution < 1.29 is 9.90 Å². The van der Waals surface area contributed by atoms with Gasteiger partial charge in [-0.2, -0.15) is 5.10 Å². The van der Waals surface area contributed by atoms with Crippen molar-refractivity contribution in [3.63, 3.8) is 0 Å². The number of hydrogen-bond acceptors (Lipinski definition) is 5. The van der Waals surface area contributed by atoms with Crippen molar-refractivity contribution in [2.24, 2.45) is 0 Å². The van der Waals surface area contributed by atoms with Crippen LogP contribution >= 0.6 is 11.8 Å². The third-order valence-electron chi connectivity index (χ3n) is 2.25. The molecule has 1 N–H and O–H groups in total. The average Bonchev–Trinajstić information content (AvgIpc) is 2.97. The molecule has 0 aliphatic rings. The Kier molecular flexibility index (Phi) is 4.35. The molecule has 0 saturated heterocycles. The van der Waals surface area contributed by atoms with Crippen LogP contribution in [0.1, 0.15) is 6.42 Å². The molecule has 0 spiro atoms. The summed E-state index contributed by atoms with van der Waals surface area (Å²) in [6.07, 6.45) is 6.16. The number of aryl methyl sites for hydroxylation is 2. The van der Waals surface area contributed by atoms with Gasteiger partial charge in [0.2, 0.25) is 0 Å². The topological polar surface area (TPSA) is 85.8 Å². The van der Waals surface area contributed by atoms with Crippen molar-refractivity contribution in [3.8, 4) is 0 Å². The summed E-state index contributed by atoms with van der Waals surface area (Å²) in [5.74, 6) is -0.858. The van der Waals surface area contributed by atoms with Crippen molar-refractivity contribution in [1.29, 1.82) is 0 Å². The molecule has 0 fully saturated rings. The number of aliphatic carboxylic acids is 1. The van der Waals surface area contributed by atoms with Crippen molar-refractivity contribution in [3.05, 3.63) is 24.8 Å². The van der Waals surface area contributed by atoms with Gasteiger partial charge in [0, 0.05) is 25.5 Å². The molecule has 0 atom stereocenters. The van der Waals surface area contributed by atoms with Crippen LogP contribution in [0, 0.1) is 0 Å². The van der Waals surface area contributed by atoms with Crippen LogP contribution in [0.4, 0.5) is 0 Å². The highest BCUT2D eigenvalue weighted by Gasteiger charge is 2.07. The Balaban J connectivity index is 1.82. The van der Waals surface area contributed by atoms with Gasteiger partial charge in [-0.3, -0.25) is 9.48 Å². The highest BCUT2D eigenvalue weighted by molar-refractivity contribution is 7.99. The molecule has 0 unspecified atom stereocenters. The van der Waals surface area contributed by atoms with E-state index in [1.807, 2.05) is 21.5 Å². The Morgan fingerprint density at radius 3 is 3.06 bits per heavy atom. The lowest BCUT2D eigenvalue weighted by molar-refractivity contribution is -0.133. The van der Waals surface area contributed by atoms with Crippen molar-refractivity contribution in [2.45, 2.75) is 24.7 Å². The van der Waals surface area contributed by atoms with Crippen LogP contribution in [-0.2, 0) is 17.9 Å². The lowest BCUT2D eigenvalue weighted by Gasteiger charge is -2.05. The number of rotatable bonds is 7. The van der Waals surface area contributed by atoms with E-state index in [0.717, 1.165) is 19.5 Å². The zero-order valence-corrected chi connectivity index (χ0v) is 10.5. The first kappa shape index (κ1) is 12.6. The van der Waals surface area contributed by atoms with Crippen LogP contribution in [0.15, 0.2) is 29.9 Å². The molecule has 2 rings (SSSR count). The quantitative estimate of drug-likeness (QED) is 0.745. The fourth-order valence-electron chi connectivity index (χ4n) is 1.47. The van der Waals surface area contributed by atoms with Crippen molar-refractivity contribution in [2.75, 3.05) is 5.75 Å². The predicted molar refractivity (Wildman–Crippen MR) is 65.2 cm³/mol. The molecule has 0 aliphatic carbocycles. The first-order valence-electron chi connectivity index (χ1n) is 5.45. The Morgan fingerprint density at radius 1 is 1.44 bits per heavy atom. The molecule has 0 amide bonds. The first-order chi connectivity index (χ1) is 8.75. The second kappa shape index (κ2) is 6.20. The fraction of sp³-hybridized carbons (Fsp3) is 0.400. The van der Waals surface area contributed by atoms with Gasteiger partial charge in [-0.25, -0.2) is 0 Å². The molecule has 8 heteroatoms. The van der Waals surface area contributed by atoms with Gasteiger partial charge in [-0.15, -0.1) is 10.2 Å². The van der Waals surface area contributed by atoms with Crippen LogP contribution in [0.3, 0.4) is 0 Å². The normalized spacial score (nSPS) is 10.7. The van der Waals surface area contributed by atoms with E-state index >= 15 is 0 Å². The number of carbonyl (C=O) groups is 1. The molecular formula is C10H13N5O2S. The van der Waals surface area contributed by atoms with Crippen LogP contribution in [0.2, 0.25) is 0 Å². The molecule has 96 valence electrons. The maximum absolute atomic E-state index is 10.5. The molecule has 2 heterocycles. The predicted octanol–water partition coefficient (Wildman–Crippen LogP) is 0.742. The number of hydrogen-bond donors (Lipinski definition) is 1. The summed E-state index contributed by atoms with van der Waals surface area (Å²) in [5, 5.41) is 21.0. The van der Waals surface area contributed by atoms with E-state index < -0.39 is 5.97 Å². The Labute approximate surface area is 108 Å². The summed E-state index contributed by atoms with van der Waals surface area (Å²) in [6, 6.07) is 1.88. The minimum atomic E-state index is -0.855. The van der Waals surface area contributed by atoms with E-state index in [1.165, 1.54) is 11.8 Å². The van der Waals surface area contributed by atoms with Gasteiger partial charge in [0.15, 0.2) is 5.16 Å².